The molecule has 1 unspecified atom stereocenters. The van der Waals surface area contributed by atoms with E-state index in [1.165, 1.54) is 5.56 Å². The summed E-state index contributed by atoms with van der Waals surface area (Å²) < 4.78 is 6.17. The second-order valence-corrected chi connectivity index (χ2v) is 4.40. The van der Waals surface area contributed by atoms with Crippen molar-refractivity contribution in [1.82, 2.24) is 10.2 Å². The van der Waals surface area contributed by atoms with Crippen LogP contribution in [0.5, 0.6) is 5.75 Å². The molecule has 0 amide bonds. The van der Waals surface area contributed by atoms with Crippen LogP contribution in [0.2, 0.25) is 0 Å². The zero-order valence-electron chi connectivity index (χ0n) is 9.54. The van der Waals surface area contributed by atoms with E-state index in [-0.39, 0.29) is 6.17 Å². The van der Waals surface area contributed by atoms with E-state index in [1.54, 1.807) is 7.11 Å². The number of hydrogen-bond donors (Lipinski definition) is 1. The first-order valence-electron chi connectivity index (χ1n) is 4.77. The monoisotopic (exact) mass is 272 g/mol. The van der Waals surface area contributed by atoms with E-state index < -0.39 is 0 Å². The molecule has 1 atom stereocenters. The number of nitrogens with one attached hydrogen (secondary N) is 1. The van der Waals surface area contributed by atoms with Crippen LogP contribution < -0.4 is 10.1 Å². The Morgan fingerprint density at radius 1 is 1.40 bits per heavy atom. The molecule has 0 heterocycles. The Kier molecular flexibility index (Phi) is 4.57. The molecular formula is C11H17BrN2O. The van der Waals surface area contributed by atoms with Gasteiger partial charge in [-0.25, -0.2) is 0 Å². The predicted molar refractivity (Wildman–Crippen MR) is 66.2 cm³/mol. The molecule has 0 saturated heterocycles. The van der Waals surface area contributed by atoms with Crippen molar-refractivity contribution in [2.45, 2.75) is 6.17 Å². The summed E-state index contributed by atoms with van der Waals surface area (Å²) in [7, 11) is 7.70. The van der Waals surface area contributed by atoms with Gasteiger partial charge in [0.1, 0.15) is 5.75 Å². The number of benzene rings is 1. The molecule has 0 fully saturated rings. The van der Waals surface area contributed by atoms with E-state index in [0.29, 0.717) is 0 Å². The van der Waals surface area contributed by atoms with Crippen molar-refractivity contribution in [3.63, 3.8) is 0 Å². The van der Waals surface area contributed by atoms with Crippen LogP contribution in [0, 0.1) is 0 Å². The van der Waals surface area contributed by atoms with Crippen LogP contribution in [-0.4, -0.2) is 33.2 Å². The van der Waals surface area contributed by atoms with Gasteiger partial charge >= 0.3 is 0 Å². The molecule has 15 heavy (non-hydrogen) atoms. The molecular weight excluding hydrogens is 256 g/mol. The fraction of sp³-hybridized carbons (Fsp3) is 0.455. The predicted octanol–water partition coefficient (Wildman–Crippen LogP) is 2.24. The van der Waals surface area contributed by atoms with E-state index in [9.17, 15) is 0 Å². The fourth-order valence-electron chi connectivity index (χ4n) is 1.58. The maximum Gasteiger partial charge on any atom is 0.133 e. The lowest BCUT2D eigenvalue weighted by atomic mass is 10.1. The zero-order chi connectivity index (χ0) is 11.4. The van der Waals surface area contributed by atoms with Gasteiger partial charge in [-0.15, -0.1) is 0 Å². The van der Waals surface area contributed by atoms with E-state index in [1.807, 2.05) is 27.2 Å². The van der Waals surface area contributed by atoms with E-state index in [2.05, 4.69) is 38.3 Å². The summed E-state index contributed by atoms with van der Waals surface area (Å²) in [6, 6.07) is 6.10. The van der Waals surface area contributed by atoms with Crippen LogP contribution in [0.25, 0.3) is 0 Å². The second kappa shape index (κ2) is 5.49. The Bertz CT molecular complexity index is 328. The van der Waals surface area contributed by atoms with Gasteiger partial charge in [-0.2, -0.15) is 0 Å². The molecule has 4 heteroatoms. The van der Waals surface area contributed by atoms with E-state index >= 15 is 0 Å². The summed E-state index contributed by atoms with van der Waals surface area (Å²) in [5.74, 6) is 0.854. The molecule has 84 valence electrons. The highest BCUT2D eigenvalue weighted by molar-refractivity contribution is 9.10. The van der Waals surface area contributed by atoms with Crippen molar-refractivity contribution in [3.05, 3.63) is 28.2 Å². The summed E-state index contributed by atoms with van der Waals surface area (Å²) in [6.45, 7) is 0. The highest BCUT2D eigenvalue weighted by Gasteiger charge is 2.12. The lowest BCUT2D eigenvalue weighted by molar-refractivity contribution is 0.264. The van der Waals surface area contributed by atoms with Gasteiger partial charge in [-0.05, 0) is 54.8 Å². The minimum atomic E-state index is 0.215. The van der Waals surface area contributed by atoms with Gasteiger partial charge in [0.25, 0.3) is 0 Å². The highest BCUT2D eigenvalue weighted by Crippen LogP contribution is 2.28. The molecule has 1 rings (SSSR count). The van der Waals surface area contributed by atoms with Crippen LogP contribution in [0.4, 0.5) is 0 Å². The minimum Gasteiger partial charge on any atom is -0.496 e. The topological polar surface area (TPSA) is 24.5 Å². The third kappa shape index (κ3) is 2.93. The summed E-state index contributed by atoms with van der Waals surface area (Å²) in [5.41, 5.74) is 1.20. The average molecular weight is 273 g/mol. The van der Waals surface area contributed by atoms with E-state index in [0.717, 1.165) is 10.2 Å². The number of halogens is 1. The highest BCUT2D eigenvalue weighted by atomic mass is 79.9. The van der Waals surface area contributed by atoms with Crippen LogP contribution in [-0.2, 0) is 0 Å². The van der Waals surface area contributed by atoms with Crippen molar-refractivity contribution in [1.29, 1.82) is 0 Å². The summed E-state index contributed by atoms with van der Waals surface area (Å²) in [5, 5.41) is 3.25. The summed E-state index contributed by atoms with van der Waals surface area (Å²) in [4.78, 5) is 2.12. The smallest absolute Gasteiger partial charge is 0.133 e. The minimum absolute atomic E-state index is 0.215. The van der Waals surface area contributed by atoms with Crippen molar-refractivity contribution >= 4 is 15.9 Å². The number of nitrogens with zero attached hydrogens (tertiary/aromatic N) is 1. The van der Waals surface area contributed by atoms with Gasteiger partial charge in [-0.1, -0.05) is 6.07 Å². The molecule has 1 aromatic rings. The Morgan fingerprint density at radius 3 is 2.47 bits per heavy atom. The zero-order valence-corrected chi connectivity index (χ0v) is 11.1. The van der Waals surface area contributed by atoms with Crippen molar-refractivity contribution in [2.75, 3.05) is 28.3 Å². The Labute approximate surface area is 99.5 Å². The largest absolute Gasteiger partial charge is 0.496 e. The quantitative estimate of drug-likeness (QED) is 0.851. The lowest BCUT2D eigenvalue weighted by Crippen LogP contribution is -2.30. The molecule has 0 aliphatic rings. The Hall–Kier alpha value is -0.580. The van der Waals surface area contributed by atoms with Gasteiger partial charge in [0.15, 0.2) is 0 Å². The number of methoxy groups -OCH3 is 1. The van der Waals surface area contributed by atoms with E-state index in [4.69, 9.17) is 4.74 Å². The van der Waals surface area contributed by atoms with Crippen molar-refractivity contribution in [2.24, 2.45) is 0 Å². The van der Waals surface area contributed by atoms with Crippen molar-refractivity contribution < 1.29 is 4.74 Å². The van der Waals surface area contributed by atoms with Crippen LogP contribution >= 0.6 is 15.9 Å². The van der Waals surface area contributed by atoms with Gasteiger partial charge in [0.05, 0.1) is 17.7 Å². The maximum atomic E-state index is 5.19. The summed E-state index contributed by atoms with van der Waals surface area (Å²) in [6.07, 6.45) is 0.215. The number of ether oxygens (including phenoxy) is 1. The average Bonchev–Trinajstić information content (AvgIpc) is 2.18. The van der Waals surface area contributed by atoms with Gasteiger partial charge in [0.2, 0.25) is 0 Å². The van der Waals surface area contributed by atoms with Gasteiger partial charge in [0, 0.05) is 0 Å². The first-order valence-corrected chi connectivity index (χ1v) is 5.56. The van der Waals surface area contributed by atoms with Crippen LogP contribution in [0.15, 0.2) is 22.7 Å². The third-order valence-corrected chi connectivity index (χ3v) is 2.90. The molecule has 1 N–H and O–H groups in total. The van der Waals surface area contributed by atoms with Crippen LogP contribution in [0.1, 0.15) is 11.7 Å². The molecule has 0 aromatic heterocycles. The van der Waals surface area contributed by atoms with Crippen LogP contribution in [0.3, 0.4) is 0 Å². The lowest BCUT2D eigenvalue weighted by Gasteiger charge is -2.24. The van der Waals surface area contributed by atoms with Gasteiger partial charge in [-0.3, -0.25) is 4.90 Å². The third-order valence-electron chi connectivity index (χ3n) is 2.28. The summed E-state index contributed by atoms with van der Waals surface area (Å²) >= 11 is 3.48. The molecule has 0 spiro atoms. The Balaban J connectivity index is 3.00. The SMILES string of the molecule is CNC(c1ccc(OC)c(Br)c1)N(C)C. The molecule has 3 nitrogen and oxygen atoms in total. The molecule has 0 aliphatic heterocycles. The Morgan fingerprint density at radius 2 is 2.07 bits per heavy atom. The number of hydrogen-bond acceptors (Lipinski definition) is 3. The van der Waals surface area contributed by atoms with Gasteiger partial charge < -0.3 is 10.1 Å². The second-order valence-electron chi connectivity index (χ2n) is 3.55. The first kappa shape index (κ1) is 12.5. The first-order chi connectivity index (χ1) is 7.10. The molecule has 0 saturated carbocycles. The normalized spacial score (nSPS) is 12.9. The standard InChI is InChI=1S/C11H17BrN2O/c1-13-11(14(2)3)8-5-6-10(15-4)9(12)7-8/h5-7,11,13H,1-4H3. The molecule has 0 radical (unpaired) electrons. The fourth-order valence-corrected chi connectivity index (χ4v) is 2.13. The number of rotatable bonds is 4. The maximum absolute atomic E-state index is 5.19. The molecule has 0 aliphatic carbocycles. The molecule has 1 aromatic carbocycles. The van der Waals surface area contributed by atoms with Crippen molar-refractivity contribution in [3.8, 4) is 5.75 Å². The molecule has 0 bridgehead atoms.